The largest absolute Gasteiger partial charge is 0.481 e. The lowest BCUT2D eigenvalue weighted by molar-refractivity contribution is -0.136. The molecule has 1 saturated heterocycles. The molecule has 130 valence electrons. The maximum atomic E-state index is 11.0. The Labute approximate surface area is 146 Å². The van der Waals surface area contributed by atoms with Gasteiger partial charge in [0.15, 0.2) is 0 Å². The van der Waals surface area contributed by atoms with Crippen LogP contribution < -0.4 is 11.1 Å². The molecule has 5 nitrogen and oxygen atoms in total. The third-order valence-electron chi connectivity index (χ3n) is 5.27. The Hall–Kier alpha value is -2.37. The number of ether oxygens (including phenoxy) is 1. The molecular formula is C20H22N2O3. The number of carboxylic acid groups (broad SMARTS) is 1. The average molecular weight is 338 g/mol. The molecule has 5 heteroatoms. The van der Waals surface area contributed by atoms with Gasteiger partial charge >= 0.3 is 5.97 Å². The maximum absolute atomic E-state index is 11.0. The van der Waals surface area contributed by atoms with Crippen molar-refractivity contribution in [1.29, 1.82) is 0 Å². The monoisotopic (exact) mass is 338 g/mol. The third-order valence-corrected chi connectivity index (χ3v) is 5.27. The van der Waals surface area contributed by atoms with Crippen LogP contribution in [0.2, 0.25) is 0 Å². The summed E-state index contributed by atoms with van der Waals surface area (Å²) >= 11 is 0. The Bertz CT molecular complexity index is 835. The van der Waals surface area contributed by atoms with Crippen molar-refractivity contribution in [3.8, 4) is 0 Å². The van der Waals surface area contributed by atoms with Gasteiger partial charge < -0.3 is 20.9 Å². The second kappa shape index (κ2) is 5.86. The Balaban J connectivity index is 1.78. The number of aliphatic carboxylic acids is 1. The van der Waals surface area contributed by atoms with Crippen LogP contribution in [-0.2, 0) is 16.0 Å². The molecule has 1 fully saturated rings. The van der Waals surface area contributed by atoms with Gasteiger partial charge in [0.25, 0.3) is 0 Å². The zero-order valence-corrected chi connectivity index (χ0v) is 14.2. The number of nitrogens with two attached hydrogens (primary N) is 1. The van der Waals surface area contributed by atoms with Gasteiger partial charge in [0.05, 0.1) is 18.0 Å². The van der Waals surface area contributed by atoms with Gasteiger partial charge in [0.1, 0.15) is 6.10 Å². The predicted octanol–water partition coefficient (Wildman–Crippen LogP) is 2.95. The van der Waals surface area contributed by atoms with E-state index in [0.29, 0.717) is 6.61 Å². The number of rotatable bonds is 3. The van der Waals surface area contributed by atoms with Gasteiger partial charge in [-0.1, -0.05) is 42.0 Å². The second-order valence-electron chi connectivity index (χ2n) is 7.10. The number of fused-ring (bicyclic) bond motifs is 3. The Morgan fingerprint density at radius 3 is 2.96 bits per heavy atom. The van der Waals surface area contributed by atoms with Crippen molar-refractivity contribution >= 4 is 11.7 Å². The first-order valence-electron chi connectivity index (χ1n) is 8.55. The molecule has 0 spiro atoms. The molecule has 0 aromatic heterocycles. The normalized spacial score (nSPS) is 27.3. The van der Waals surface area contributed by atoms with Crippen molar-refractivity contribution < 1.29 is 14.6 Å². The quantitative estimate of drug-likeness (QED) is 0.801. The summed E-state index contributed by atoms with van der Waals surface area (Å²) in [6, 6.07) is 14.0. The molecule has 2 aromatic rings. The standard InChI is InChI=1S/C20H22N2O3/c1-12-3-2-4-14(9-12)18-20(21)7-8-25-19(20)15-10-13(11-17(23)24)5-6-16(15)22-18/h2-6,9-10,18-19,22H,7-8,11,21H2,1H3,(H,23,24)/t18-,19+,20+/m1/s1. The molecule has 2 heterocycles. The maximum Gasteiger partial charge on any atom is 0.307 e. The number of carbonyl (C=O) groups is 1. The Morgan fingerprint density at radius 2 is 2.20 bits per heavy atom. The summed E-state index contributed by atoms with van der Waals surface area (Å²) in [5.74, 6) is -0.840. The van der Waals surface area contributed by atoms with E-state index >= 15 is 0 Å². The van der Waals surface area contributed by atoms with E-state index in [0.717, 1.165) is 28.8 Å². The number of anilines is 1. The summed E-state index contributed by atoms with van der Waals surface area (Å²) in [5, 5.41) is 12.6. The fourth-order valence-electron chi connectivity index (χ4n) is 4.09. The van der Waals surface area contributed by atoms with Crippen molar-refractivity contribution in [3.05, 3.63) is 64.7 Å². The molecule has 3 atom stereocenters. The van der Waals surface area contributed by atoms with Crippen molar-refractivity contribution in [2.24, 2.45) is 5.73 Å². The second-order valence-corrected chi connectivity index (χ2v) is 7.10. The highest BCUT2D eigenvalue weighted by atomic mass is 16.5. The van der Waals surface area contributed by atoms with Crippen LogP contribution >= 0.6 is 0 Å². The van der Waals surface area contributed by atoms with Crippen LogP contribution in [-0.4, -0.2) is 23.2 Å². The molecule has 0 aliphatic carbocycles. The Kier molecular flexibility index (Phi) is 3.78. The van der Waals surface area contributed by atoms with Crippen molar-refractivity contribution in [2.75, 3.05) is 11.9 Å². The van der Waals surface area contributed by atoms with E-state index in [-0.39, 0.29) is 18.6 Å². The van der Waals surface area contributed by atoms with E-state index in [9.17, 15) is 4.79 Å². The van der Waals surface area contributed by atoms with Crippen LogP contribution in [0.3, 0.4) is 0 Å². The summed E-state index contributed by atoms with van der Waals surface area (Å²) < 4.78 is 6.02. The van der Waals surface area contributed by atoms with Gasteiger partial charge in [-0.15, -0.1) is 0 Å². The van der Waals surface area contributed by atoms with Crippen molar-refractivity contribution in [2.45, 2.75) is 37.5 Å². The highest BCUT2D eigenvalue weighted by Crippen LogP contribution is 2.51. The van der Waals surface area contributed by atoms with E-state index in [1.165, 1.54) is 5.56 Å². The zero-order valence-electron chi connectivity index (χ0n) is 14.2. The lowest BCUT2D eigenvalue weighted by Crippen LogP contribution is -2.53. The SMILES string of the molecule is Cc1cccc([C@H]2Nc3ccc(CC(=O)O)cc3[C@@H]3OCC[C@]23N)c1. The molecule has 0 saturated carbocycles. The number of benzene rings is 2. The van der Waals surface area contributed by atoms with E-state index in [1.807, 2.05) is 24.3 Å². The first-order chi connectivity index (χ1) is 12.0. The van der Waals surface area contributed by atoms with E-state index in [2.05, 4.69) is 30.4 Å². The smallest absolute Gasteiger partial charge is 0.307 e. The third kappa shape index (κ3) is 2.69. The summed E-state index contributed by atoms with van der Waals surface area (Å²) in [6.45, 7) is 2.68. The van der Waals surface area contributed by atoms with Gasteiger partial charge in [-0.2, -0.15) is 0 Å². The molecule has 25 heavy (non-hydrogen) atoms. The van der Waals surface area contributed by atoms with Crippen LogP contribution in [0.1, 0.15) is 40.8 Å². The highest BCUT2D eigenvalue weighted by Gasteiger charge is 2.51. The molecule has 0 bridgehead atoms. The van der Waals surface area contributed by atoms with Crippen LogP contribution in [0, 0.1) is 6.92 Å². The number of nitrogens with one attached hydrogen (secondary N) is 1. The van der Waals surface area contributed by atoms with Crippen molar-refractivity contribution in [1.82, 2.24) is 0 Å². The summed E-state index contributed by atoms with van der Waals surface area (Å²) in [4.78, 5) is 11.0. The first kappa shape index (κ1) is 16.1. The van der Waals surface area contributed by atoms with Gasteiger partial charge in [-0.05, 0) is 30.5 Å². The lowest BCUT2D eigenvalue weighted by atomic mass is 9.74. The van der Waals surface area contributed by atoms with Gasteiger partial charge in [0, 0.05) is 17.9 Å². The average Bonchev–Trinajstić information content (AvgIpc) is 2.96. The fourth-order valence-corrected chi connectivity index (χ4v) is 4.09. The summed E-state index contributed by atoms with van der Waals surface area (Å²) in [7, 11) is 0. The minimum absolute atomic E-state index is 0.00111. The van der Waals surface area contributed by atoms with Crippen LogP contribution in [0.4, 0.5) is 5.69 Å². The number of hydrogen-bond acceptors (Lipinski definition) is 4. The van der Waals surface area contributed by atoms with Crippen molar-refractivity contribution in [3.63, 3.8) is 0 Å². The first-order valence-corrected chi connectivity index (χ1v) is 8.55. The molecule has 2 aliphatic heterocycles. The highest BCUT2D eigenvalue weighted by molar-refractivity contribution is 5.71. The fraction of sp³-hybridized carbons (Fsp3) is 0.350. The molecule has 4 N–H and O–H groups in total. The lowest BCUT2D eigenvalue weighted by Gasteiger charge is -2.44. The summed E-state index contributed by atoms with van der Waals surface area (Å²) in [6.07, 6.45) is 0.521. The van der Waals surface area contributed by atoms with Gasteiger partial charge in [0.2, 0.25) is 0 Å². The van der Waals surface area contributed by atoms with E-state index < -0.39 is 11.5 Å². The van der Waals surface area contributed by atoms with Crippen LogP contribution in [0.5, 0.6) is 0 Å². The number of carboxylic acids is 1. The predicted molar refractivity (Wildman–Crippen MR) is 95.6 cm³/mol. The van der Waals surface area contributed by atoms with Crippen LogP contribution in [0.15, 0.2) is 42.5 Å². The number of aryl methyl sites for hydroxylation is 1. The Morgan fingerprint density at radius 1 is 1.36 bits per heavy atom. The van der Waals surface area contributed by atoms with E-state index in [1.54, 1.807) is 0 Å². The van der Waals surface area contributed by atoms with E-state index in [4.69, 9.17) is 15.6 Å². The molecule has 2 aromatic carbocycles. The zero-order chi connectivity index (χ0) is 17.6. The molecule has 0 amide bonds. The molecule has 2 aliphatic rings. The topological polar surface area (TPSA) is 84.6 Å². The molecular weight excluding hydrogens is 316 g/mol. The number of hydrogen-bond donors (Lipinski definition) is 3. The molecule has 4 rings (SSSR count). The summed E-state index contributed by atoms with van der Waals surface area (Å²) in [5.41, 5.74) is 11.3. The van der Waals surface area contributed by atoms with Crippen LogP contribution in [0.25, 0.3) is 0 Å². The van der Waals surface area contributed by atoms with Gasteiger partial charge in [-0.3, -0.25) is 4.79 Å². The molecule has 0 radical (unpaired) electrons. The minimum atomic E-state index is -0.840. The molecule has 0 unspecified atom stereocenters. The minimum Gasteiger partial charge on any atom is -0.481 e. The van der Waals surface area contributed by atoms with Gasteiger partial charge in [-0.25, -0.2) is 0 Å².